The molecule has 0 saturated carbocycles. The summed E-state index contributed by atoms with van der Waals surface area (Å²) >= 11 is 6.94. The number of aliphatic hydroxyl groups is 1. The maximum atomic E-state index is 14.4. The van der Waals surface area contributed by atoms with E-state index in [0.717, 1.165) is 56.7 Å². The lowest BCUT2D eigenvalue weighted by molar-refractivity contribution is -0.143. The summed E-state index contributed by atoms with van der Waals surface area (Å²) in [5.41, 5.74) is 2.27. The van der Waals surface area contributed by atoms with Crippen molar-refractivity contribution in [1.82, 2.24) is 66.4 Å². The van der Waals surface area contributed by atoms with E-state index in [1.165, 1.54) is 35.3 Å². The van der Waals surface area contributed by atoms with Gasteiger partial charge in [-0.15, -0.1) is 68.0 Å². The van der Waals surface area contributed by atoms with Gasteiger partial charge in [-0.2, -0.15) is 0 Å². The van der Waals surface area contributed by atoms with Crippen LogP contribution in [0.3, 0.4) is 0 Å². The van der Waals surface area contributed by atoms with E-state index in [9.17, 15) is 53.7 Å². The third-order valence-corrected chi connectivity index (χ3v) is 20.1. The summed E-state index contributed by atoms with van der Waals surface area (Å²) in [4.78, 5) is 145. The lowest BCUT2D eigenvalue weighted by Crippen LogP contribution is -2.48. The molecule has 7 aromatic heterocycles. The molecule has 8 N–H and O–H groups in total. The molecule has 0 spiro atoms. The Morgan fingerprint density at radius 2 is 1.42 bits per heavy atom. The number of likely N-dealkylation sites (tertiary alicyclic amines) is 1. The summed E-state index contributed by atoms with van der Waals surface area (Å²) in [6.07, 6.45) is -1.48. The maximum Gasteiger partial charge on any atom is 0.325 e. The number of nitrogens with zero attached hydrogens (tertiary/aromatic N) is 9. The van der Waals surface area contributed by atoms with Gasteiger partial charge >= 0.3 is 18.0 Å². The van der Waals surface area contributed by atoms with Gasteiger partial charge < -0.3 is 51.5 Å². The van der Waals surface area contributed by atoms with E-state index in [1.54, 1.807) is 70.9 Å². The lowest BCUT2D eigenvalue weighted by Gasteiger charge is -2.33. The number of urea groups is 1. The van der Waals surface area contributed by atoms with Crippen LogP contribution in [0, 0.1) is 18.8 Å². The van der Waals surface area contributed by atoms with Crippen LogP contribution in [-0.2, 0) is 30.5 Å². The average molecular weight is 1320 g/mol. The molecular formula is C57H58N14O12S6. The maximum absolute atomic E-state index is 14.4. The molecule has 2 aliphatic rings. The third-order valence-electron chi connectivity index (χ3n) is 14.4. The van der Waals surface area contributed by atoms with Crippen molar-refractivity contribution in [2.75, 3.05) is 45.2 Å². The highest BCUT2D eigenvalue weighted by Crippen LogP contribution is 2.41. The number of rotatable bonds is 13. The molecule has 8 aromatic rings. The van der Waals surface area contributed by atoms with Gasteiger partial charge in [0.2, 0.25) is 11.8 Å². The second-order valence-electron chi connectivity index (χ2n) is 20.8. The fourth-order valence-electron chi connectivity index (χ4n) is 9.70. The number of carbonyl (C=O) groups is 8. The van der Waals surface area contributed by atoms with Gasteiger partial charge in [-0.1, -0.05) is 44.2 Å². The SMILES string of the molecule is CNC(=O)C[C@@H]1NC(=O)c2csc(n2)-c2ccc(-c3nc(N(CCC(=O)O)C(=O)N4CCC(C(=O)O)CC4)cs3)nc2-c2csc(n2)-c2csc(n2)[C@H]([C@@H](O)c2ccccc2)NC(=O)CNC(=O)c2nc(sc2COC)C(C(C)C)NC(=O)c2nc1sc2C. The van der Waals surface area contributed by atoms with Gasteiger partial charge in [-0.05, 0) is 43.4 Å². The zero-order valence-electron chi connectivity index (χ0n) is 48.2. The Kier molecular flexibility index (Phi) is 20.0. The predicted molar refractivity (Wildman–Crippen MR) is 334 cm³/mol. The number of benzene rings is 1. The Bertz CT molecular complexity index is 3960. The summed E-state index contributed by atoms with van der Waals surface area (Å²) in [6.45, 7) is 4.97. The zero-order valence-corrected chi connectivity index (χ0v) is 53.1. The first-order chi connectivity index (χ1) is 42.8. The summed E-state index contributed by atoms with van der Waals surface area (Å²) in [5.74, 6) is -5.81. The highest BCUT2D eigenvalue weighted by atomic mass is 32.1. The molecule has 464 valence electrons. The number of fused-ring (bicyclic) bond motifs is 14. The number of nitrogens with one attached hydrogen (secondary N) is 5. The van der Waals surface area contributed by atoms with Crippen LogP contribution in [0.1, 0.15) is 126 Å². The number of aliphatic carboxylic acids is 2. The molecule has 89 heavy (non-hydrogen) atoms. The molecule has 7 amide bonds. The van der Waals surface area contributed by atoms with E-state index in [4.69, 9.17) is 29.7 Å². The number of aliphatic hydroxyl groups excluding tert-OH is 1. The van der Waals surface area contributed by atoms with Crippen molar-refractivity contribution in [2.24, 2.45) is 11.8 Å². The quantitative estimate of drug-likeness (QED) is 0.0553. The van der Waals surface area contributed by atoms with E-state index >= 15 is 0 Å². The fourth-order valence-corrected chi connectivity index (χ4v) is 15.3. The number of ether oxygens (including phenoxy) is 1. The minimum absolute atomic E-state index is 0.0145. The topological polar surface area (TPSA) is 363 Å². The van der Waals surface area contributed by atoms with E-state index in [1.807, 2.05) is 13.8 Å². The minimum atomic E-state index is -1.31. The molecule has 9 heterocycles. The van der Waals surface area contributed by atoms with E-state index < -0.39 is 90.6 Å². The van der Waals surface area contributed by atoms with Crippen LogP contribution in [0.25, 0.3) is 43.4 Å². The molecule has 1 unspecified atom stereocenters. The normalized spacial score (nSPS) is 17.2. The van der Waals surface area contributed by atoms with Crippen LogP contribution in [0.15, 0.2) is 64.0 Å². The van der Waals surface area contributed by atoms with Gasteiger partial charge in [-0.3, -0.25) is 38.5 Å². The Balaban J connectivity index is 1.05. The number of thiazole rings is 6. The number of hydrogen-bond donors (Lipinski definition) is 8. The van der Waals surface area contributed by atoms with Crippen molar-refractivity contribution in [3.63, 3.8) is 0 Å². The summed E-state index contributed by atoms with van der Waals surface area (Å²) < 4.78 is 5.45. The number of aromatic nitrogens is 7. The summed E-state index contributed by atoms with van der Waals surface area (Å²) in [5, 5.41) is 53.9. The molecule has 26 nitrogen and oxygen atoms in total. The van der Waals surface area contributed by atoms with Gasteiger partial charge in [0.15, 0.2) is 0 Å². The zero-order chi connectivity index (χ0) is 63.2. The lowest BCUT2D eigenvalue weighted by atomic mass is 9.97. The van der Waals surface area contributed by atoms with Crippen LogP contribution in [0.2, 0.25) is 0 Å². The summed E-state index contributed by atoms with van der Waals surface area (Å²) in [7, 11) is 2.91. The Labute approximate surface area is 531 Å². The standard InChI is InChI=1S/C57H58N14O12S6/c1-26(2)41-55-69-44(36(89-55)21-83-5)48(78)59-20-39(73)66-45(46(76)28-9-7-6-8-10-28)54-64-35(24-86-54)52-62-33(22-85-52)43-30(50-63-34(23-84-50)47(77)61-32(19-38(72)58-4)53-68-42(27(3)88-53)49(79)67-41)11-12-31(60-43)51-65-37(25-87-51)71(18-15-40(74)75)57(82)70-16-13-29(14-17-70)56(80)81/h6-12,22-26,29,32,41,45-46,76H,13-21H2,1-5H3,(H,58,72)(H,59,78)(H,61,77)(H,66,73)(H,67,79)(H,74,75)(H,80,81)/t32-,41?,45-,46-/m0/s1. The summed E-state index contributed by atoms with van der Waals surface area (Å²) in [6, 6.07) is 8.69. The number of piperidine rings is 1. The highest BCUT2D eigenvalue weighted by Gasteiger charge is 2.35. The van der Waals surface area contributed by atoms with E-state index in [-0.39, 0.29) is 79.3 Å². The molecule has 0 aliphatic carbocycles. The first kappa shape index (κ1) is 63.6. The molecule has 10 bridgehead atoms. The van der Waals surface area contributed by atoms with E-state index in [2.05, 4.69) is 36.6 Å². The monoisotopic (exact) mass is 1320 g/mol. The van der Waals surface area contributed by atoms with Crippen LogP contribution in [-0.4, -0.2) is 143 Å². The van der Waals surface area contributed by atoms with E-state index in [0.29, 0.717) is 68.7 Å². The molecular weight excluding hydrogens is 1270 g/mol. The number of aryl methyl sites for hydroxylation is 1. The van der Waals surface area contributed by atoms with Gasteiger partial charge in [0.1, 0.15) is 82.2 Å². The van der Waals surface area contributed by atoms with Gasteiger partial charge in [-0.25, -0.2) is 39.7 Å². The Morgan fingerprint density at radius 3 is 2.13 bits per heavy atom. The van der Waals surface area contributed by atoms with Gasteiger partial charge in [0.05, 0.1) is 54.6 Å². The molecule has 1 fully saturated rings. The van der Waals surface area contributed by atoms with Crippen molar-refractivity contribution in [2.45, 2.75) is 77.3 Å². The molecule has 1 aromatic carbocycles. The fraction of sp³-hybridized carbons (Fsp3) is 0.351. The van der Waals surface area contributed by atoms with Crippen LogP contribution >= 0.6 is 68.0 Å². The number of amides is 7. The van der Waals surface area contributed by atoms with Crippen LogP contribution in [0.4, 0.5) is 10.6 Å². The van der Waals surface area contributed by atoms with Gasteiger partial charge in [0, 0.05) is 65.8 Å². The highest BCUT2D eigenvalue weighted by molar-refractivity contribution is 7.15. The largest absolute Gasteiger partial charge is 0.481 e. The van der Waals surface area contributed by atoms with Crippen molar-refractivity contribution < 1.29 is 58.4 Å². The number of carboxylic acids is 2. The second kappa shape index (κ2) is 28.0. The first-order valence-electron chi connectivity index (χ1n) is 27.7. The molecule has 0 radical (unpaired) electrons. The minimum Gasteiger partial charge on any atom is -0.481 e. The van der Waals surface area contributed by atoms with Crippen molar-refractivity contribution >= 4 is 121 Å². The smallest absolute Gasteiger partial charge is 0.325 e. The predicted octanol–water partition coefficient (Wildman–Crippen LogP) is 7.51. The van der Waals surface area contributed by atoms with Crippen molar-refractivity contribution in [3.05, 3.63) is 111 Å². The Hall–Kier alpha value is -8.37. The molecule has 4 atom stereocenters. The second-order valence-corrected chi connectivity index (χ2v) is 26.6. The molecule has 10 rings (SSSR count). The van der Waals surface area contributed by atoms with Crippen LogP contribution in [0.5, 0.6) is 0 Å². The molecule has 32 heteroatoms. The van der Waals surface area contributed by atoms with Gasteiger partial charge in [0.25, 0.3) is 17.7 Å². The molecule has 2 aliphatic heterocycles. The molecule has 1 saturated heterocycles. The first-order valence-corrected chi connectivity index (χ1v) is 32.9. The van der Waals surface area contributed by atoms with Crippen molar-refractivity contribution in [1.29, 1.82) is 0 Å². The number of carboxylic acid groups (broad SMARTS) is 2. The number of anilines is 1. The Morgan fingerprint density at radius 1 is 0.719 bits per heavy atom. The van der Waals surface area contributed by atoms with Crippen LogP contribution < -0.4 is 31.5 Å². The average Bonchev–Trinajstić information content (AvgIpc) is 2.61. The number of carbonyl (C=O) groups excluding carboxylic acids is 6. The number of methoxy groups -OCH3 is 1. The van der Waals surface area contributed by atoms with Crippen molar-refractivity contribution in [3.8, 4) is 43.4 Å². The number of hydrogen-bond acceptors (Lipinski definition) is 23. The third kappa shape index (κ3) is 14.5. The number of pyridine rings is 1.